The Balaban J connectivity index is 1.77. The number of pyridine rings is 1. The lowest BCUT2D eigenvalue weighted by atomic mass is 10.2. The molecule has 0 N–H and O–H groups in total. The monoisotopic (exact) mass is 296 g/mol. The summed E-state index contributed by atoms with van der Waals surface area (Å²) in [5, 5.41) is 0. The highest BCUT2D eigenvalue weighted by Crippen LogP contribution is 2.15. The number of methoxy groups -OCH3 is 1. The highest BCUT2D eigenvalue weighted by atomic mass is 16.5. The lowest BCUT2D eigenvalue weighted by molar-refractivity contribution is 0.0600. The number of aromatic nitrogens is 2. The van der Waals surface area contributed by atoms with Crippen molar-refractivity contribution in [3.05, 3.63) is 65.6 Å². The predicted molar refractivity (Wildman–Crippen MR) is 82.0 cm³/mol. The fourth-order valence-electron chi connectivity index (χ4n) is 2.14. The van der Waals surface area contributed by atoms with Crippen LogP contribution in [0.4, 0.5) is 0 Å². The number of carbonyl (C=O) groups is 1. The van der Waals surface area contributed by atoms with Gasteiger partial charge in [-0.05, 0) is 31.2 Å². The van der Waals surface area contributed by atoms with Crippen LogP contribution in [-0.4, -0.2) is 22.5 Å². The summed E-state index contributed by atoms with van der Waals surface area (Å²) in [4.78, 5) is 16.0. The molecule has 0 saturated heterocycles. The molecule has 5 heteroatoms. The Morgan fingerprint density at radius 2 is 2.00 bits per heavy atom. The van der Waals surface area contributed by atoms with Crippen LogP contribution < -0.4 is 4.74 Å². The molecule has 0 saturated carbocycles. The van der Waals surface area contributed by atoms with Crippen molar-refractivity contribution in [1.82, 2.24) is 9.38 Å². The van der Waals surface area contributed by atoms with Crippen LogP contribution in [0.25, 0.3) is 5.65 Å². The fraction of sp³-hybridized carbons (Fsp3) is 0.176. The number of esters is 1. The van der Waals surface area contributed by atoms with Crippen LogP contribution in [0.1, 0.15) is 21.6 Å². The number of ether oxygens (including phenoxy) is 2. The molecule has 0 atom stereocenters. The molecule has 0 aliphatic rings. The third kappa shape index (κ3) is 2.93. The number of hydrogen-bond acceptors (Lipinski definition) is 4. The van der Waals surface area contributed by atoms with Crippen LogP contribution >= 0.6 is 0 Å². The van der Waals surface area contributed by atoms with Crippen LogP contribution in [0.3, 0.4) is 0 Å². The molecule has 0 fully saturated rings. The quantitative estimate of drug-likeness (QED) is 0.694. The average molecular weight is 296 g/mol. The van der Waals surface area contributed by atoms with Crippen molar-refractivity contribution in [1.29, 1.82) is 0 Å². The summed E-state index contributed by atoms with van der Waals surface area (Å²) in [6.07, 6.45) is 3.66. The van der Waals surface area contributed by atoms with E-state index in [2.05, 4.69) is 4.98 Å². The van der Waals surface area contributed by atoms with Gasteiger partial charge in [0.05, 0.1) is 18.4 Å². The van der Waals surface area contributed by atoms with E-state index in [1.54, 1.807) is 18.3 Å². The molecule has 3 rings (SSSR count). The van der Waals surface area contributed by atoms with Gasteiger partial charge in [-0.2, -0.15) is 0 Å². The number of benzene rings is 1. The number of fused-ring (bicyclic) bond motifs is 1. The molecule has 5 nitrogen and oxygen atoms in total. The van der Waals surface area contributed by atoms with E-state index < -0.39 is 0 Å². The van der Waals surface area contributed by atoms with Gasteiger partial charge < -0.3 is 13.9 Å². The summed E-state index contributed by atoms with van der Waals surface area (Å²) < 4.78 is 12.3. The molecular weight excluding hydrogens is 280 g/mol. The SMILES string of the molecule is COC(=O)c1ccn2cc(COc3ccc(C)cc3)nc2c1. The average Bonchev–Trinajstić information content (AvgIpc) is 2.95. The standard InChI is InChI=1S/C17H16N2O3/c1-12-3-5-15(6-4-12)22-11-14-10-19-8-7-13(17(20)21-2)9-16(19)18-14/h3-10H,11H2,1-2H3. The van der Waals surface area contributed by atoms with Gasteiger partial charge in [-0.25, -0.2) is 9.78 Å². The topological polar surface area (TPSA) is 52.8 Å². The van der Waals surface area contributed by atoms with E-state index in [0.29, 0.717) is 17.8 Å². The molecule has 0 radical (unpaired) electrons. The number of aryl methyl sites for hydroxylation is 1. The zero-order valence-electron chi connectivity index (χ0n) is 12.4. The molecule has 112 valence electrons. The van der Waals surface area contributed by atoms with Crippen molar-refractivity contribution in [3.8, 4) is 5.75 Å². The number of imidazole rings is 1. The molecule has 0 unspecified atom stereocenters. The van der Waals surface area contributed by atoms with Crippen LogP contribution in [0.2, 0.25) is 0 Å². The molecule has 2 aromatic heterocycles. The number of hydrogen-bond donors (Lipinski definition) is 0. The molecule has 0 aliphatic carbocycles. The smallest absolute Gasteiger partial charge is 0.338 e. The van der Waals surface area contributed by atoms with Crippen LogP contribution in [0.5, 0.6) is 5.75 Å². The minimum absolute atomic E-state index is 0.372. The second-order valence-electron chi connectivity index (χ2n) is 5.01. The summed E-state index contributed by atoms with van der Waals surface area (Å²) in [6.45, 7) is 2.41. The van der Waals surface area contributed by atoms with E-state index in [9.17, 15) is 4.79 Å². The van der Waals surface area contributed by atoms with Gasteiger partial charge >= 0.3 is 5.97 Å². The van der Waals surface area contributed by atoms with Gasteiger partial charge in [-0.3, -0.25) is 0 Å². The second-order valence-corrected chi connectivity index (χ2v) is 5.01. The van der Waals surface area contributed by atoms with Gasteiger partial charge in [0.15, 0.2) is 0 Å². The number of rotatable bonds is 4. The predicted octanol–water partition coefficient (Wildman–Crippen LogP) is 3.01. The Hall–Kier alpha value is -2.82. The largest absolute Gasteiger partial charge is 0.487 e. The molecule has 0 amide bonds. The van der Waals surface area contributed by atoms with E-state index in [0.717, 1.165) is 11.4 Å². The molecule has 3 aromatic rings. The van der Waals surface area contributed by atoms with E-state index in [-0.39, 0.29) is 5.97 Å². The van der Waals surface area contributed by atoms with Crippen LogP contribution in [-0.2, 0) is 11.3 Å². The third-order valence-corrected chi connectivity index (χ3v) is 3.34. The van der Waals surface area contributed by atoms with E-state index in [4.69, 9.17) is 9.47 Å². The summed E-state index contributed by atoms with van der Waals surface area (Å²) in [6, 6.07) is 11.3. The minimum atomic E-state index is -0.372. The van der Waals surface area contributed by atoms with Crippen LogP contribution in [0.15, 0.2) is 48.8 Å². The molecule has 22 heavy (non-hydrogen) atoms. The molecule has 0 aliphatic heterocycles. The summed E-state index contributed by atoms with van der Waals surface area (Å²) in [5.74, 6) is 0.431. The highest BCUT2D eigenvalue weighted by Gasteiger charge is 2.08. The normalized spacial score (nSPS) is 10.6. The van der Waals surface area contributed by atoms with E-state index >= 15 is 0 Å². The zero-order chi connectivity index (χ0) is 15.5. The van der Waals surface area contributed by atoms with Gasteiger partial charge in [0.2, 0.25) is 0 Å². The summed E-state index contributed by atoms with van der Waals surface area (Å²) >= 11 is 0. The maximum Gasteiger partial charge on any atom is 0.338 e. The second kappa shape index (κ2) is 5.89. The first kappa shape index (κ1) is 14.1. The Kier molecular flexibility index (Phi) is 3.78. The van der Waals surface area contributed by atoms with Gasteiger partial charge in [-0.15, -0.1) is 0 Å². The zero-order valence-corrected chi connectivity index (χ0v) is 12.4. The van der Waals surface area contributed by atoms with Crippen LogP contribution in [0, 0.1) is 6.92 Å². The van der Waals surface area contributed by atoms with Gasteiger partial charge in [0.25, 0.3) is 0 Å². The number of carbonyl (C=O) groups excluding carboxylic acids is 1. The lowest BCUT2D eigenvalue weighted by Crippen LogP contribution is -2.01. The molecular formula is C17H16N2O3. The van der Waals surface area contributed by atoms with Gasteiger partial charge in [-0.1, -0.05) is 17.7 Å². The maximum absolute atomic E-state index is 11.5. The van der Waals surface area contributed by atoms with Gasteiger partial charge in [0, 0.05) is 12.4 Å². The van der Waals surface area contributed by atoms with E-state index in [1.165, 1.54) is 12.7 Å². The van der Waals surface area contributed by atoms with Crippen molar-refractivity contribution in [2.75, 3.05) is 7.11 Å². The van der Waals surface area contributed by atoms with Crippen molar-refractivity contribution in [2.45, 2.75) is 13.5 Å². The summed E-state index contributed by atoms with van der Waals surface area (Å²) in [5.41, 5.74) is 3.15. The molecule has 2 heterocycles. The molecule has 1 aromatic carbocycles. The third-order valence-electron chi connectivity index (χ3n) is 3.34. The van der Waals surface area contributed by atoms with Crippen molar-refractivity contribution >= 4 is 11.6 Å². The van der Waals surface area contributed by atoms with Crippen molar-refractivity contribution < 1.29 is 14.3 Å². The Bertz CT molecular complexity index is 806. The molecule has 0 spiro atoms. The van der Waals surface area contributed by atoms with Gasteiger partial charge in [0.1, 0.15) is 18.0 Å². The van der Waals surface area contributed by atoms with Crippen molar-refractivity contribution in [2.24, 2.45) is 0 Å². The summed E-state index contributed by atoms with van der Waals surface area (Å²) in [7, 11) is 1.36. The first-order valence-electron chi connectivity index (χ1n) is 6.91. The Morgan fingerprint density at radius 3 is 2.73 bits per heavy atom. The minimum Gasteiger partial charge on any atom is -0.487 e. The molecule has 0 bridgehead atoms. The first-order chi connectivity index (χ1) is 10.7. The maximum atomic E-state index is 11.5. The highest BCUT2D eigenvalue weighted by molar-refractivity contribution is 5.90. The Morgan fingerprint density at radius 1 is 1.23 bits per heavy atom. The Labute approximate surface area is 128 Å². The first-order valence-corrected chi connectivity index (χ1v) is 6.91. The lowest BCUT2D eigenvalue weighted by Gasteiger charge is -2.03. The number of nitrogens with zero attached hydrogens (tertiary/aromatic N) is 2. The van der Waals surface area contributed by atoms with Crippen molar-refractivity contribution in [3.63, 3.8) is 0 Å². The van der Waals surface area contributed by atoms with E-state index in [1.807, 2.05) is 41.8 Å². The fourth-order valence-corrected chi connectivity index (χ4v) is 2.14.